The van der Waals surface area contributed by atoms with Crippen molar-refractivity contribution in [2.45, 2.75) is 25.2 Å². The van der Waals surface area contributed by atoms with E-state index in [-0.39, 0.29) is 5.78 Å². The van der Waals surface area contributed by atoms with Crippen molar-refractivity contribution >= 4 is 34.0 Å². The van der Waals surface area contributed by atoms with Crippen LogP contribution in [0.3, 0.4) is 0 Å². The van der Waals surface area contributed by atoms with Gasteiger partial charge in [-0.15, -0.1) is 21.5 Å². The Bertz CT molecular complexity index is 1170. The lowest BCUT2D eigenvalue weighted by atomic mass is 10.1. The fraction of sp³-hybridized carbons (Fsp3) is 0.217. The second kappa shape index (κ2) is 10.4. The first-order chi connectivity index (χ1) is 15.7. The number of rotatable bonds is 10. The summed E-state index contributed by atoms with van der Waals surface area (Å²) in [4.78, 5) is 17.2. The van der Waals surface area contributed by atoms with Gasteiger partial charge >= 0.3 is 0 Å². The van der Waals surface area contributed by atoms with Crippen LogP contribution in [-0.2, 0) is 13.1 Å². The highest BCUT2D eigenvalue weighted by atomic mass is 32.2. The Hall–Kier alpha value is -3.17. The van der Waals surface area contributed by atoms with E-state index >= 15 is 0 Å². The molecule has 4 rings (SSSR count). The molecule has 0 amide bonds. The van der Waals surface area contributed by atoms with Gasteiger partial charge in [-0.1, -0.05) is 42.1 Å². The smallest absolute Gasteiger partial charge is 0.191 e. The van der Waals surface area contributed by atoms with Crippen LogP contribution in [0.15, 0.2) is 65.1 Å². The van der Waals surface area contributed by atoms with Gasteiger partial charge in [0.25, 0.3) is 0 Å². The highest BCUT2D eigenvalue weighted by Gasteiger charge is 2.15. The summed E-state index contributed by atoms with van der Waals surface area (Å²) in [5, 5.41) is 15.5. The lowest BCUT2D eigenvalue weighted by Crippen LogP contribution is -2.09. The van der Waals surface area contributed by atoms with Crippen molar-refractivity contribution in [2.24, 2.45) is 0 Å². The van der Waals surface area contributed by atoms with Gasteiger partial charge in [-0.3, -0.25) is 4.79 Å². The van der Waals surface area contributed by atoms with Gasteiger partial charge in [-0.2, -0.15) is 0 Å². The van der Waals surface area contributed by atoms with E-state index in [1.807, 2.05) is 47.2 Å². The summed E-state index contributed by atoms with van der Waals surface area (Å²) < 4.78 is 7.16. The maximum atomic E-state index is 12.5. The molecule has 0 aliphatic carbocycles. The molecular weight excluding hydrogens is 442 g/mol. The second-order valence-electron chi connectivity index (χ2n) is 6.84. The summed E-state index contributed by atoms with van der Waals surface area (Å²) in [5.74, 6) is 1.88. The van der Waals surface area contributed by atoms with Gasteiger partial charge in [0, 0.05) is 23.1 Å². The number of Topliss-reactive ketones (excluding diaryl/α,β-unsaturated/α-hetero) is 1. The minimum absolute atomic E-state index is 0.0409. The van der Waals surface area contributed by atoms with Crippen LogP contribution in [0.1, 0.15) is 23.1 Å². The average Bonchev–Trinajstić information content (AvgIpc) is 3.48. The minimum Gasteiger partial charge on any atom is -0.497 e. The van der Waals surface area contributed by atoms with E-state index in [0.717, 1.165) is 39.7 Å². The summed E-state index contributed by atoms with van der Waals surface area (Å²) >= 11 is 2.96. The Labute approximate surface area is 194 Å². The number of ketones is 1. The molecular formula is C23H23N5O2S2. The van der Waals surface area contributed by atoms with Gasteiger partial charge in [0.15, 0.2) is 21.9 Å². The number of hydrogen-bond acceptors (Lipinski definition) is 8. The molecule has 0 saturated heterocycles. The minimum atomic E-state index is 0.0409. The fourth-order valence-corrected chi connectivity index (χ4v) is 4.75. The summed E-state index contributed by atoms with van der Waals surface area (Å²) in [6.45, 7) is 3.27. The zero-order valence-corrected chi connectivity index (χ0v) is 19.4. The first-order valence-electron chi connectivity index (χ1n) is 10.1. The van der Waals surface area contributed by atoms with Crippen molar-refractivity contribution in [1.29, 1.82) is 0 Å². The Morgan fingerprint density at radius 3 is 2.62 bits per heavy atom. The number of thioether (sulfide) groups is 1. The maximum Gasteiger partial charge on any atom is 0.191 e. The molecule has 0 radical (unpaired) electrons. The Balaban J connectivity index is 1.36. The number of ether oxygens (including phenoxy) is 1. The van der Waals surface area contributed by atoms with Crippen LogP contribution >= 0.6 is 23.1 Å². The van der Waals surface area contributed by atoms with Crippen LogP contribution in [0.25, 0.3) is 11.3 Å². The van der Waals surface area contributed by atoms with Gasteiger partial charge in [0.05, 0.1) is 25.1 Å². The fourth-order valence-electron chi connectivity index (χ4n) is 3.12. The molecule has 164 valence electrons. The Morgan fingerprint density at radius 1 is 1.12 bits per heavy atom. The number of aromatic nitrogens is 4. The molecule has 0 aliphatic heterocycles. The van der Waals surface area contributed by atoms with Crippen LogP contribution < -0.4 is 10.1 Å². The second-order valence-corrected chi connectivity index (χ2v) is 8.64. The predicted octanol–water partition coefficient (Wildman–Crippen LogP) is 5.02. The molecule has 0 bridgehead atoms. The van der Waals surface area contributed by atoms with Crippen LogP contribution in [-0.4, -0.2) is 38.4 Å². The Kier molecular flexibility index (Phi) is 7.18. The van der Waals surface area contributed by atoms with Crippen LogP contribution in [0, 0.1) is 0 Å². The van der Waals surface area contributed by atoms with E-state index in [1.54, 1.807) is 42.7 Å². The van der Waals surface area contributed by atoms with Gasteiger partial charge < -0.3 is 14.6 Å². The highest BCUT2D eigenvalue weighted by Crippen LogP contribution is 2.25. The number of nitrogens with one attached hydrogen (secondary N) is 1. The molecule has 1 N–H and O–H groups in total. The van der Waals surface area contributed by atoms with Crippen LogP contribution in [0.5, 0.6) is 5.75 Å². The SMILES string of the molecule is CCn1c(CNc2nc(-c3ccccc3)cs2)nnc1SCC(=O)c1ccc(OC)cc1. The first-order valence-corrected chi connectivity index (χ1v) is 12.0. The molecule has 0 spiro atoms. The molecule has 32 heavy (non-hydrogen) atoms. The largest absolute Gasteiger partial charge is 0.497 e. The third-order valence-electron chi connectivity index (χ3n) is 4.83. The average molecular weight is 466 g/mol. The first kappa shape index (κ1) is 22.0. The van der Waals surface area contributed by atoms with E-state index in [1.165, 1.54) is 11.8 Å². The molecule has 4 aromatic rings. The topological polar surface area (TPSA) is 81.9 Å². The van der Waals surface area contributed by atoms with Crippen molar-refractivity contribution < 1.29 is 9.53 Å². The summed E-state index contributed by atoms with van der Waals surface area (Å²) in [7, 11) is 1.60. The number of carbonyl (C=O) groups is 1. The van der Waals surface area contributed by atoms with Gasteiger partial charge in [0.2, 0.25) is 0 Å². The van der Waals surface area contributed by atoms with Crippen molar-refractivity contribution in [3.8, 4) is 17.0 Å². The number of nitrogens with zero attached hydrogens (tertiary/aromatic N) is 4. The third-order valence-corrected chi connectivity index (χ3v) is 6.59. The van der Waals surface area contributed by atoms with E-state index in [0.29, 0.717) is 17.9 Å². The molecule has 9 heteroatoms. The molecule has 7 nitrogen and oxygen atoms in total. The molecule has 0 atom stereocenters. The van der Waals surface area contributed by atoms with Crippen LogP contribution in [0.4, 0.5) is 5.13 Å². The van der Waals surface area contributed by atoms with Crippen molar-refractivity contribution in [3.63, 3.8) is 0 Å². The summed E-state index contributed by atoms with van der Waals surface area (Å²) in [6.07, 6.45) is 0. The van der Waals surface area contributed by atoms with Crippen molar-refractivity contribution in [2.75, 3.05) is 18.2 Å². The number of anilines is 1. The lowest BCUT2D eigenvalue weighted by molar-refractivity contribution is 0.102. The molecule has 0 unspecified atom stereocenters. The van der Waals surface area contributed by atoms with Crippen molar-refractivity contribution in [3.05, 3.63) is 71.4 Å². The van der Waals surface area contributed by atoms with Crippen molar-refractivity contribution in [1.82, 2.24) is 19.7 Å². The van der Waals surface area contributed by atoms with E-state index in [2.05, 4.69) is 20.5 Å². The number of methoxy groups -OCH3 is 1. The molecule has 0 saturated carbocycles. The molecule has 2 aromatic heterocycles. The third kappa shape index (κ3) is 5.17. The number of hydrogen-bond donors (Lipinski definition) is 1. The predicted molar refractivity (Wildman–Crippen MR) is 129 cm³/mol. The van der Waals surface area contributed by atoms with Gasteiger partial charge in [-0.25, -0.2) is 4.98 Å². The van der Waals surface area contributed by atoms with E-state index in [4.69, 9.17) is 4.74 Å². The van der Waals surface area contributed by atoms with Gasteiger partial charge in [0.1, 0.15) is 5.75 Å². The zero-order valence-electron chi connectivity index (χ0n) is 17.8. The summed E-state index contributed by atoms with van der Waals surface area (Å²) in [6, 6.07) is 17.2. The molecule has 0 fully saturated rings. The highest BCUT2D eigenvalue weighted by molar-refractivity contribution is 7.99. The molecule has 2 heterocycles. The zero-order chi connectivity index (χ0) is 22.3. The van der Waals surface area contributed by atoms with E-state index in [9.17, 15) is 4.79 Å². The van der Waals surface area contributed by atoms with Crippen LogP contribution in [0.2, 0.25) is 0 Å². The molecule has 0 aliphatic rings. The molecule has 2 aromatic carbocycles. The number of benzene rings is 2. The monoisotopic (exact) mass is 465 g/mol. The maximum absolute atomic E-state index is 12.5. The number of thiazole rings is 1. The normalized spacial score (nSPS) is 10.8. The quantitative estimate of drug-likeness (QED) is 0.260. The van der Waals surface area contributed by atoms with Gasteiger partial charge in [-0.05, 0) is 31.2 Å². The number of carbonyl (C=O) groups excluding carboxylic acids is 1. The summed E-state index contributed by atoms with van der Waals surface area (Å²) in [5.41, 5.74) is 2.69. The Morgan fingerprint density at radius 2 is 1.91 bits per heavy atom. The standard InChI is InChI=1S/C23H23N5O2S2/c1-3-28-21(13-24-22-25-19(14-31-22)16-7-5-4-6-8-16)26-27-23(28)32-15-20(29)17-9-11-18(30-2)12-10-17/h4-12,14H,3,13,15H2,1-2H3,(H,24,25). The lowest BCUT2D eigenvalue weighted by Gasteiger charge is -2.08. The van der Waals surface area contributed by atoms with E-state index < -0.39 is 0 Å².